The number of hydrogen-bond acceptors (Lipinski definition) is 3. The molecule has 1 aliphatic heterocycles. The number of benzene rings is 1. The van der Waals surface area contributed by atoms with E-state index in [0.717, 1.165) is 28.1 Å². The number of aryl methyl sites for hydroxylation is 1. The maximum atomic E-state index is 11.6. The van der Waals surface area contributed by atoms with E-state index in [9.17, 15) is 4.79 Å². The van der Waals surface area contributed by atoms with Crippen molar-refractivity contribution in [3.8, 4) is 0 Å². The summed E-state index contributed by atoms with van der Waals surface area (Å²) in [5, 5.41) is 9.56. The molecule has 0 fully saturated rings. The zero-order chi connectivity index (χ0) is 12.5. The molecule has 0 unspecified atom stereocenters. The van der Waals surface area contributed by atoms with Gasteiger partial charge in [-0.25, -0.2) is 0 Å². The van der Waals surface area contributed by atoms with Crippen LogP contribution in [-0.4, -0.2) is 28.4 Å². The monoisotopic (exact) mass is 240 g/mol. The van der Waals surface area contributed by atoms with E-state index in [0.29, 0.717) is 0 Å². The Labute approximate surface area is 104 Å². The van der Waals surface area contributed by atoms with Gasteiger partial charge in [-0.2, -0.15) is 5.10 Å². The molecule has 2 aromatic rings. The van der Waals surface area contributed by atoms with Gasteiger partial charge < -0.3 is 5.32 Å². The van der Waals surface area contributed by atoms with Crippen molar-refractivity contribution < 1.29 is 4.79 Å². The summed E-state index contributed by atoms with van der Waals surface area (Å²) >= 11 is 0. The molecule has 2 heterocycles. The van der Waals surface area contributed by atoms with Gasteiger partial charge in [0.25, 0.3) is 0 Å². The summed E-state index contributed by atoms with van der Waals surface area (Å²) in [6, 6.07) is 5.90. The molecule has 1 aromatic carbocycles. The number of nitrogens with one attached hydrogen (secondary N) is 2. The van der Waals surface area contributed by atoms with Crippen molar-refractivity contribution in [1.82, 2.24) is 10.2 Å². The van der Waals surface area contributed by atoms with Crippen LogP contribution in [0.5, 0.6) is 0 Å². The quantitative estimate of drug-likeness (QED) is 0.793. The molecule has 5 heteroatoms. The minimum atomic E-state index is -0.0985. The van der Waals surface area contributed by atoms with Crippen molar-refractivity contribution in [2.75, 3.05) is 11.9 Å². The fourth-order valence-corrected chi connectivity index (χ4v) is 2.02. The minimum Gasteiger partial charge on any atom is -0.324 e. The molecule has 1 aliphatic rings. The second-order valence-electron chi connectivity index (χ2n) is 4.25. The van der Waals surface area contributed by atoms with Crippen LogP contribution < -0.4 is 5.32 Å². The molecule has 0 atom stereocenters. The number of carbonyl (C=O) groups excluding carboxylic acids is 1. The second-order valence-corrected chi connectivity index (χ2v) is 4.25. The largest absolute Gasteiger partial charge is 0.324 e. The summed E-state index contributed by atoms with van der Waals surface area (Å²) in [7, 11) is 0. The third kappa shape index (κ3) is 1.79. The molecule has 0 aliphatic carbocycles. The molecule has 0 radical (unpaired) electrons. The number of nitrogens with zero attached hydrogens (tertiary/aromatic N) is 2. The summed E-state index contributed by atoms with van der Waals surface area (Å²) in [6.45, 7) is 2.15. The van der Waals surface area contributed by atoms with E-state index in [4.69, 9.17) is 0 Å². The number of hydrogen-bond donors (Lipinski definition) is 2. The summed E-state index contributed by atoms with van der Waals surface area (Å²) in [5.74, 6) is -0.0985. The molecule has 0 saturated carbocycles. The first-order chi connectivity index (χ1) is 8.74. The highest BCUT2D eigenvalue weighted by Gasteiger charge is 2.18. The molecule has 2 N–H and O–H groups in total. The van der Waals surface area contributed by atoms with Crippen LogP contribution in [0.4, 0.5) is 5.69 Å². The fraction of sp³-hybridized carbons (Fsp3) is 0.154. The van der Waals surface area contributed by atoms with Crippen molar-refractivity contribution in [1.29, 1.82) is 0 Å². The minimum absolute atomic E-state index is 0.0985. The highest BCUT2D eigenvalue weighted by molar-refractivity contribution is 6.19. The first-order valence-corrected chi connectivity index (χ1v) is 5.68. The molecule has 5 nitrogen and oxygen atoms in total. The van der Waals surface area contributed by atoms with Gasteiger partial charge in [0.2, 0.25) is 5.91 Å². The zero-order valence-electron chi connectivity index (χ0n) is 9.90. The van der Waals surface area contributed by atoms with Gasteiger partial charge in [-0.05, 0) is 19.1 Å². The van der Waals surface area contributed by atoms with E-state index in [2.05, 4.69) is 20.5 Å². The van der Waals surface area contributed by atoms with Crippen LogP contribution in [0.1, 0.15) is 16.7 Å². The van der Waals surface area contributed by atoms with Crippen LogP contribution >= 0.6 is 0 Å². The Kier molecular flexibility index (Phi) is 2.44. The number of amides is 1. The van der Waals surface area contributed by atoms with Crippen LogP contribution in [-0.2, 0) is 4.79 Å². The maximum Gasteiger partial charge on any atom is 0.246 e. The van der Waals surface area contributed by atoms with Crippen LogP contribution in [0.15, 0.2) is 35.6 Å². The number of rotatable bonds is 1. The third-order valence-electron chi connectivity index (χ3n) is 2.86. The predicted octanol–water partition coefficient (Wildman–Crippen LogP) is 1.51. The molecule has 0 spiro atoms. The van der Waals surface area contributed by atoms with Gasteiger partial charge in [0.05, 0.1) is 17.6 Å². The molecule has 0 saturated heterocycles. The highest BCUT2D eigenvalue weighted by atomic mass is 16.1. The number of fused-ring (bicyclic) bond motifs is 1. The van der Waals surface area contributed by atoms with Gasteiger partial charge in [0.15, 0.2) is 0 Å². The Bertz CT molecular complexity index is 628. The Morgan fingerprint density at radius 1 is 1.33 bits per heavy atom. The number of aromatic amines is 1. The molecule has 1 amide bonds. The number of benzodiazepines with no additional fused rings is 1. The standard InChI is InChI=1S/C13H12N4O/c1-8-2-3-11-10(4-8)13(9-5-15-16-6-9)14-7-12(18)17-11/h2-6H,7H2,1H3,(H,15,16)(H,17,18). The smallest absolute Gasteiger partial charge is 0.246 e. The van der Waals surface area contributed by atoms with Gasteiger partial charge in [0, 0.05) is 17.3 Å². The summed E-state index contributed by atoms with van der Waals surface area (Å²) in [5.41, 5.74) is 4.53. The number of aliphatic imine (C=N–C) groups is 1. The Hall–Kier alpha value is -2.43. The predicted molar refractivity (Wildman–Crippen MR) is 68.9 cm³/mol. The highest BCUT2D eigenvalue weighted by Crippen LogP contribution is 2.23. The first kappa shape index (κ1) is 10.7. The topological polar surface area (TPSA) is 70.1 Å². The Morgan fingerprint density at radius 2 is 2.22 bits per heavy atom. The van der Waals surface area contributed by atoms with Gasteiger partial charge in [-0.15, -0.1) is 0 Å². The molecule has 0 bridgehead atoms. The van der Waals surface area contributed by atoms with Crippen LogP contribution in [0.2, 0.25) is 0 Å². The first-order valence-electron chi connectivity index (χ1n) is 5.68. The van der Waals surface area contributed by atoms with Crippen molar-refractivity contribution in [3.63, 3.8) is 0 Å². The Balaban J connectivity index is 2.20. The van der Waals surface area contributed by atoms with Crippen molar-refractivity contribution in [3.05, 3.63) is 47.3 Å². The van der Waals surface area contributed by atoms with E-state index in [1.54, 1.807) is 12.4 Å². The maximum absolute atomic E-state index is 11.6. The van der Waals surface area contributed by atoms with Crippen molar-refractivity contribution in [2.45, 2.75) is 6.92 Å². The molecule has 18 heavy (non-hydrogen) atoms. The lowest BCUT2D eigenvalue weighted by atomic mass is 10.0. The van der Waals surface area contributed by atoms with E-state index in [1.165, 1.54) is 0 Å². The van der Waals surface area contributed by atoms with Gasteiger partial charge >= 0.3 is 0 Å². The lowest BCUT2D eigenvalue weighted by Gasteiger charge is -2.09. The van der Waals surface area contributed by atoms with Crippen molar-refractivity contribution >= 4 is 17.3 Å². The lowest BCUT2D eigenvalue weighted by Crippen LogP contribution is -2.13. The number of carbonyl (C=O) groups is 1. The third-order valence-corrected chi connectivity index (χ3v) is 2.86. The molecule has 1 aromatic heterocycles. The fourth-order valence-electron chi connectivity index (χ4n) is 2.02. The van der Waals surface area contributed by atoms with E-state index in [1.807, 2.05) is 25.1 Å². The van der Waals surface area contributed by atoms with Crippen molar-refractivity contribution in [2.24, 2.45) is 4.99 Å². The van der Waals surface area contributed by atoms with Crippen LogP contribution in [0, 0.1) is 6.92 Å². The normalized spacial score (nSPS) is 14.5. The van der Waals surface area contributed by atoms with Gasteiger partial charge in [0.1, 0.15) is 6.54 Å². The van der Waals surface area contributed by atoms with Crippen LogP contribution in [0.3, 0.4) is 0 Å². The van der Waals surface area contributed by atoms with Crippen LogP contribution in [0.25, 0.3) is 0 Å². The summed E-state index contributed by atoms with van der Waals surface area (Å²) in [6.07, 6.45) is 3.49. The number of H-pyrrole nitrogens is 1. The average molecular weight is 240 g/mol. The Morgan fingerprint density at radius 3 is 3.00 bits per heavy atom. The number of anilines is 1. The summed E-state index contributed by atoms with van der Waals surface area (Å²) in [4.78, 5) is 16.0. The van der Waals surface area contributed by atoms with E-state index >= 15 is 0 Å². The number of aromatic nitrogens is 2. The van der Waals surface area contributed by atoms with E-state index < -0.39 is 0 Å². The molecular weight excluding hydrogens is 228 g/mol. The van der Waals surface area contributed by atoms with Gasteiger partial charge in [-0.3, -0.25) is 14.9 Å². The molecule has 90 valence electrons. The molecular formula is C13H12N4O. The van der Waals surface area contributed by atoms with E-state index in [-0.39, 0.29) is 12.5 Å². The zero-order valence-corrected chi connectivity index (χ0v) is 9.90. The summed E-state index contributed by atoms with van der Waals surface area (Å²) < 4.78 is 0. The second kappa shape index (κ2) is 4.10. The SMILES string of the molecule is Cc1ccc2c(c1)C(c1cn[nH]c1)=NCC(=O)N2. The van der Waals surface area contributed by atoms with Gasteiger partial charge in [-0.1, -0.05) is 11.6 Å². The molecule has 3 rings (SSSR count). The lowest BCUT2D eigenvalue weighted by molar-refractivity contribution is -0.114. The average Bonchev–Trinajstić information content (AvgIpc) is 2.81.